The molecule has 0 aromatic heterocycles. The maximum absolute atomic E-state index is 13.8. The van der Waals surface area contributed by atoms with Crippen molar-refractivity contribution in [3.63, 3.8) is 0 Å². The fourth-order valence-corrected chi connectivity index (χ4v) is 3.63. The molecule has 1 aliphatic rings. The van der Waals surface area contributed by atoms with E-state index in [1.54, 1.807) is 38.2 Å². The third-order valence-electron chi connectivity index (χ3n) is 4.93. The Hall–Kier alpha value is -2.60. The molecule has 1 fully saturated rings. The van der Waals surface area contributed by atoms with Gasteiger partial charge in [0.15, 0.2) is 0 Å². The predicted molar refractivity (Wildman–Crippen MR) is 102 cm³/mol. The van der Waals surface area contributed by atoms with Gasteiger partial charge in [0.2, 0.25) is 11.8 Å². The number of amides is 2. The zero-order valence-corrected chi connectivity index (χ0v) is 16.0. The zero-order chi connectivity index (χ0) is 19.7. The number of ether oxygens (including phenoxy) is 1. The Labute approximate surface area is 162 Å². The summed E-state index contributed by atoms with van der Waals surface area (Å²) < 4.78 is 18.9. The van der Waals surface area contributed by atoms with Gasteiger partial charge in [0.05, 0.1) is 12.1 Å². The van der Waals surface area contributed by atoms with Crippen molar-refractivity contribution in [1.82, 2.24) is 4.90 Å². The molecular formula is C20H20ClFN2O3. The lowest BCUT2D eigenvalue weighted by atomic mass is 9.87. The second-order valence-corrected chi connectivity index (χ2v) is 7.01. The molecule has 2 aromatic carbocycles. The Bertz CT molecular complexity index is 903. The van der Waals surface area contributed by atoms with Crippen LogP contribution in [0.5, 0.6) is 5.75 Å². The van der Waals surface area contributed by atoms with Crippen molar-refractivity contribution in [2.45, 2.75) is 12.8 Å². The Morgan fingerprint density at radius 3 is 2.74 bits per heavy atom. The fourth-order valence-electron chi connectivity index (χ4n) is 3.36. The van der Waals surface area contributed by atoms with Crippen LogP contribution in [0.1, 0.15) is 17.0 Å². The minimum absolute atomic E-state index is 0.279. The van der Waals surface area contributed by atoms with Gasteiger partial charge >= 0.3 is 0 Å². The smallest absolute Gasteiger partial charge is 0.237 e. The van der Waals surface area contributed by atoms with Crippen molar-refractivity contribution in [2.75, 3.05) is 26.0 Å². The number of hydrogen-bond donors (Lipinski definition) is 1. The van der Waals surface area contributed by atoms with E-state index in [-0.39, 0.29) is 11.8 Å². The van der Waals surface area contributed by atoms with E-state index in [0.29, 0.717) is 28.6 Å². The van der Waals surface area contributed by atoms with E-state index in [1.165, 1.54) is 24.1 Å². The number of halogens is 2. The highest BCUT2D eigenvalue weighted by Gasteiger charge is 2.44. The predicted octanol–water partition coefficient (Wildman–Crippen LogP) is 3.61. The minimum Gasteiger partial charge on any atom is -0.495 e. The van der Waals surface area contributed by atoms with Crippen LogP contribution in [0.4, 0.5) is 10.1 Å². The van der Waals surface area contributed by atoms with Crippen molar-refractivity contribution in [2.24, 2.45) is 5.92 Å². The maximum Gasteiger partial charge on any atom is 0.237 e. The first kappa shape index (κ1) is 19.2. The van der Waals surface area contributed by atoms with Crippen LogP contribution in [-0.2, 0) is 9.59 Å². The lowest BCUT2D eigenvalue weighted by Gasteiger charge is -2.18. The van der Waals surface area contributed by atoms with Gasteiger partial charge in [0, 0.05) is 30.8 Å². The summed E-state index contributed by atoms with van der Waals surface area (Å²) in [4.78, 5) is 27.0. The Morgan fingerprint density at radius 1 is 1.33 bits per heavy atom. The number of carbonyl (C=O) groups is 2. The van der Waals surface area contributed by atoms with E-state index >= 15 is 0 Å². The summed E-state index contributed by atoms with van der Waals surface area (Å²) in [6.07, 6.45) is 0. The molecule has 1 aliphatic heterocycles. The molecule has 1 N–H and O–H groups in total. The molecule has 142 valence electrons. The molecule has 0 saturated carbocycles. The minimum atomic E-state index is -0.915. The first-order valence-corrected chi connectivity index (χ1v) is 8.85. The number of anilines is 1. The van der Waals surface area contributed by atoms with Crippen molar-refractivity contribution < 1.29 is 18.7 Å². The van der Waals surface area contributed by atoms with E-state index in [4.69, 9.17) is 16.3 Å². The highest BCUT2D eigenvalue weighted by atomic mass is 35.5. The second-order valence-electron chi connectivity index (χ2n) is 6.60. The van der Waals surface area contributed by atoms with Crippen molar-refractivity contribution >= 4 is 29.1 Å². The summed E-state index contributed by atoms with van der Waals surface area (Å²) in [7, 11) is 3.17. The van der Waals surface area contributed by atoms with Gasteiger partial charge in [-0.1, -0.05) is 23.7 Å². The van der Waals surface area contributed by atoms with Gasteiger partial charge in [-0.15, -0.1) is 0 Å². The Morgan fingerprint density at radius 2 is 2.07 bits per heavy atom. The zero-order valence-electron chi connectivity index (χ0n) is 15.3. The average molecular weight is 391 g/mol. The van der Waals surface area contributed by atoms with Gasteiger partial charge in [-0.3, -0.25) is 9.59 Å². The maximum atomic E-state index is 13.8. The standard InChI is InChI=1S/C20H20ClFN2O3/c1-11-15(22)5-4-6-16(11)23-19(25)18-13(10-24(2)20(18)26)12-7-8-17(27-3)14(21)9-12/h4-9,13,18H,10H2,1-3H3,(H,23,25)/t13-,18+/m0/s1. The molecule has 5 nitrogen and oxygen atoms in total. The third kappa shape index (κ3) is 3.62. The topological polar surface area (TPSA) is 58.6 Å². The summed E-state index contributed by atoms with van der Waals surface area (Å²) in [5.74, 6) is -1.91. The SMILES string of the molecule is COc1ccc([C@@H]2CN(C)C(=O)[C@H]2C(=O)Nc2cccc(F)c2C)cc1Cl. The number of hydrogen-bond acceptors (Lipinski definition) is 3. The number of rotatable bonds is 4. The van der Waals surface area contributed by atoms with Gasteiger partial charge in [-0.05, 0) is 36.8 Å². The molecule has 3 rings (SSSR count). The molecule has 1 saturated heterocycles. The van der Waals surface area contributed by atoms with Crippen LogP contribution < -0.4 is 10.1 Å². The van der Waals surface area contributed by atoms with E-state index in [9.17, 15) is 14.0 Å². The van der Waals surface area contributed by atoms with Crippen LogP contribution in [0.25, 0.3) is 0 Å². The Kier molecular flexibility index (Phi) is 5.37. The summed E-state index contributed by atoms with van der Waals surface area (Å²) in [6, 6.07) is 9.68. The van der Waals surface area contributed by atoms with Gasteiger partial charge < -0.3 is 15.0 Å². The van der Waals surface area contributed by atoms with Crippen molar-refractivity contribution in [3.8, 4) is 5.75 Å². The summed E-state index contributed by atoms with van der Waals surface area (Å²) in [5.41, 5.74) is 1.46. The summed E-state index contributed by atoms with van der Waals surface area (Å²) in [5, 5.41) is 3.11. The van der Waals surface area contributed by atoms with Crippen LogP contribution in [0.15, 0.2) is 36.4 Å². The van der Waals surface area contributed by atoms with Crippen molar-refractivity contribution in [3.05, 3.63) is 58.4 Å². The van der Waals surface area contributed by atoms with Gasteiger partial charge in [-0.2, -0.15) is 0 Å². The second kappa shape index (κ2) is 7.56. The molecule has 0 aliphatic carbocycles. The largest absolute Gasteiger partial charge is 0.495 e. The lowest BCUT2D eigenvalue weighted by Crippen LogP contribution is -2.33. The third-order valence-corrected chi connectivity index (χ3v) is 5.22. The lowest BCUT2D eigenvalue weighted by molar-refractivity contribution is -0.135. The highest BCUT2D eigenvalue weighted by Crippen LogP contribution is 2.37. The number of benzene rings is 2. The first-order chi connectivity index (χ1) is 12.8. The average Bonchev–Trinajstić information content (AvgIpc) is 2.94. The molecule has 0 bridgehead atoms. The van der Waals surface area contributed by atoms with E-state index < -0.39 is 17.6 Å². The van der Waals surface area contributed by atoms with Gasteiger partial charge in [0.25, 0.3) is 0 Å². The molecule has 7 heteroatoms. The summed E-state index contributed by atoms with van der Waals surface area (Å²) in [6.45, 7) is 1.97. The number of likely N-dealkylation sites (N-methyl/N-ethyl adjacent to an activating group) is 1. The van der Waals surface area contributed by atoms with Crippen LogP contribution in [0, 0.1) is 18.7 Å². The van der Waals surface area contributed by atoms with Crippen LogP contribution in [0.3, 0.4) is 0 Å². The number of carbonyl (C=O) groups excluding carboxylic acids is 2. The molecule has 2 amide bonds. The van der Waals surface area contributed by atoms with Crippen molar-refractivity contribution in [1.29, 1.82) is 0 Å². The van der Waals surface area contributed by atoms with E-state index in [2.05, 4.69) is 5.32 Å². The molecule has 0 spiro atoms. The van der Waals surface area contributed by atoms with E-state index in [1.807, 2.05) is 0 Å². The number of methoxy groups -OCH3 is 1. The molecule has 1 heterocycles. The van der Waals surface area contributed by atoms with Crippen LogP contribution in [0.2, 0.25) is 5.02 Å². The number of nitrogens with one attached hydrogen (secondary N) is 1. The normalized spacial score (nSPS) is 19.3. The molecule has 2 aromatic rings. The number of likely N-dealkylation sites (tertiary alicyclic amines) is 1. The molecule has 2 atom stereocenters. The molecule has 27 heavy (non-hydrogen) atoms. The Balaban J connectivity index is 1.91. The van der Waals surface area contributed by atoms with Gasteiger partial charge in [-0.25, -0.2) is 4.39 Å². The van der Waals surface area contributed by atoms with Crippen LogP contribution >= 0.6 is 11.6 Å². The molecular weight excluding hydrogens is 371 g/mol. The molecule has 0 radical (unpaired) electrons. The molecule has 0 unspecified atom stereocenters. The first-order valence-electron chi connectivity index (χ1n) is 8.48. The fraction of sp³-hybridized carbons (Fsp3) is 0.300. The highest BCUT2D eigenvalue weighted by molar-refractivity contribution is 6.32. The summed E-state index contributed by atoms with van der Waals surface area (Å²) >= 11 is 6.21. The van der Waals surface area contributed by atoms with E-state index in [0.717, 1.165) is 5.56 Å². The quantitative estimate of drug-likeness (QED) is 0.811. The number of nitrogens with zero attached hydrogens (tertiary/aromatic N) is 1. The van der Waals surface area contributed by atoms with Crippen LogP contribution in [-0.4, -0.2) is 37.4 Å². The monoisotopic (exact) mass is 390 g/mol. The van der Waals surface area contributed by atoms with Gasteiger partial charge in [0.1, 0.15) is 17.5 Å².